The summed E-state index contributed by atoms with van der Waals surface area (Å²) in [7, 11) is 3.32. The normalized spacial score (nSPS) is 12.7. The highest BCUT2D eigenvalue weighted by Crippen LogP contribution is 2.30. The van der Waals surface area contributed by atoms with Crippen molar-refractivity contribution in [2.75, 3.05) is 7.11 Å². The number of methoxy groups -OCH3 is 1. The molecule has 1 radical (unpaired) electrons. The molecule has 0 bridgehead atoms. The van der Waals surface area contributed by atoms with Crippen molar-refractivity contribution < 1.29 is 13.9 Å². The lowest BCUT2D eigenvalue weighted by molar-refractivity contribution is -0.114. The van der Waals surface area contributed by atoms with Crippen LogP contribution in [0.1, 0.15) is 39.1 Å². The van der Waals surface area contributed by atoms with E-state index >= 15 is 0 Å². The van der Waals surface area contributed by atoms with Crippen molar-refractivity contribution in [1.82, 2.24) is 15.1 Å². The highest BCUT2D eigenvalue weighted by molar-refractivity contribution is 6.51. The topological polar surface area (TPSA) is 93.1 Å². The van der Waals surface area contributed by atoms with Crippen LogP contribution in [0.15, 0.2) is 21.5 Å². The van der Waals surface area contributed by atoms with Gasteiger partial charge in [0.15, 0.2) is 0 Å². The smallest absolute Gasteiger partial charge is 0.333 e. The van der Waals surface area contributed by atoms with Crippen LogP contribution in [-0.4, -0.2) is 40.9 Å². The average molecular weight is 370 g/mol. The first-order chi connectivity index (χ1) is 12.6. The fourth-order valence-corrected chi connectivity index (χ4v) is 2.90. The lowest BCUT2D eigenvalue weighted by Crippen LogP contribution is -2.50. The number of aromatic amines is 2. The van der Waals surface area contributed by atoms with Gasteiger partial charge in [0.25, 0.3) is 0 Å². The Balaban J connectivity index is 2.06. The monoisotopic (exact) mass is 370 g/mol. The molecule has 7 nitrogen and oxygen atoms in total. The Kier molecular flexibility index (Phi) is 4.82. The number of fused-ring (bicyclic) bond motifs is 1. The molecule has 2 N–H and O–H groups in total. The Labute approximate surface area is 158 Å². The second-order valence-corrected chi connectivity index (χ2v) is 7.73. The van der Waals surface area contributed by atoms with E-state index in [-0.39, 0.29) is 5.69 Å². The summed E-state index contributed by atoms with van der Waals surface area (Å²) in [4.78, 5) is 17.5. The molecule has 0 aliphatic rings. The van der Waals surface area contributed by atoms with E-state index in [1.54, 1.807) is 14.6 Å². The fraction of sp³-hybridized carbons (Fsp3) is 0.474. The van der Waals surface area contributed by atoms with Crippen LogP contribution in [0.3, 0.4) is 0 Å². The molecule has 2 aromatic heterocycles. The summed E-state index contributed by atoms with van der Waals surface area (Å²) in [5, 5.41) is 4.02. The number of rotatable bonds is 6. The van der Waals surface area contributed by atoms with Crippen LogP contribution in [0, 0.1) is 13.8 Å². The number of aryl methyl sites for hydroxylation is 2. The van der Waals surface area contributed by atoms with Gasteiger partial charge in [0.1, 0.15) is 5.76 Å². The van der Waals surface area contributed by atoms with Crippen LogP contribution in [0.5, 0.6) is 0 Å². The minimum absolute atomic E-state index is 0.271. The number of imidazole rings is 1. The van der Waals surface area contributed by atoms with Crippen molar-refractivity contribution in [2.45, 2.75) is 52.7 Å². The van der Waals surface area contributed by atoms with Crippen molar-refractivity contribution in [3.05, 3.63) is 34.1 Å². The van der Waals surface area contributed by atoms with Crippen LogP contribution in [0.2, 0.25) is 0 Å². The summed E-state index contributed by atoms with van der Waals surface area (Å²) in [5.74, 6) is 0.720. The van der Waals surface area contributed by atoms with Crippen molar-refractivity contribution in [2.24, 2.45) is 0 Å². The van der Waals surface area contributed by atoms with Gasteiger partial charge in [-0.05, 0) is 58.6 Å². The maximum Gasteiger partial charge on any atom is 0.333 e. The molecule has 2 heterocycles. The van der Waals surface area contributed by atoms with Crippen molar-refractivity contribution in [3.63, 3.8) is 0 Å². The molecule has 0 unspecified atom stereocenters. The molecule has 143 valence electrons. The van der Waals surface area contributed by atoms with Gasteiger partial charge in [0, 0.05) is 12.7 Å². The van der Waals surface area contributed by atoms with Crippen molar-refractivity contribution >= 4 is 24.0 Å². The van der Waals surface area contributed by atoms with Gasteiger partial charge >= 0.3 is 13.2 Å². The number of nitrogens with zero attached hydrogens (tertiary/aromatic N) is 1. The molecule has 0 amide bonds. The van der Waals surface area contributed by atoms with E-state index in [2.05, 4.69) is 15.1 Å². The van der Waals surface area contributed by atoms with Gasteiger partial charge < -0.3 is 23.9 Å². The predicted molar refractivity (Wildman–Crippen MR) is 106 cm³/mol. The van der Waals surface area contributed by atoms with E-state index in [0.29, 0.717) is 11.0 Å². The van der Waals surface area contributed by atoms with E-state index in [9.17, 15) is 4.79 Å². The number of ether oxygens (including phenoxy) is 1. The van der Waals surface area contributed by atoms with Crippen molar-refractivity contribution in [1.29, 1.82) is 0 Å². The van der Waals surface area contributed by atoms with Gasteiger partial charge in [-0.15, -0.1) is 0 Å². The Bertz CT molecular complexity index is 1010. The van der Waals surface area contributed by atoms with Gasteiger partial charge in [-0.2, -0.15) is 0 Å². The number of hydrogen-bond donors (Lipinski definition) is 2. The molecule has 0 saturated carbocycles. The van der Waals surface area contributed by atoms with E-state index in [1.807, 2.05) is 53.7 Å². The molecular formula is C19H25BN3O4. The van der Waals surface area contributed by atoms with Crippen LogP contribution in [-0.2, 0) is 9.39 Å². The van der Waals surface area contributed by atoms with E-state index in [0.717, 1.165) is 28.0 Å². The first-order valence-corrected chi connectivity index (χ1v) is 8.81. The Morgan fingerprint density at radius 2 is 1.81 bits per heavy atom. The standard InChI is InChI=1S/C19H25BN3O4/c1-10-15(11(2)26-23-10)12-8-13(16-14(9-12)21-17(24)22-16)20-27-19(5,6)18(3,4)25-7/h8-9H,1-7H3,(H2,21,22,24). The highest BCUT2D eigenvalue weighted by atomic mass is 16.5. The number of hydrogen-bond acceptors (Lipinski definition) is 5. The number of benzene rings is 1. The van der Waals surface area contributed by atoms with E-state index in [1.165, 1.54) is 0 Å². The molecule has 3 aromatic rings. The minimum atomic E-state index is -0.594. The minimum Gasteiger partial charge on any atom is -0.427 e. The average Bonchev–Trinajstić information content (AvgIpc) is 3.13. The lowest BCUT2D eigenvalue weighted by Gasteiger charge is -2.40. The van der Waals surface area contributed by atoms with Gasteiger partial charge in [-0.25, -0.2) is 4.79 Å². The van der Waals surface area contributed by atoms with Gasteiger partial charge in [0.2, 0.25) is 0 Å². The summed E-state index contributed by atoms with van der Waals surface area (Å²) in [6.45, 7) is 11.6. The zero-order chi connectivity index (χ0) is 20.0. The van der Waals surface area contributed by atoms with E-state index in [4.69, 9.17) is 13.9 Å². The van der Waals surface area contributed by atoms with Crippen LogP contribution in [0.25, 0.3) is 22.2 Å². The third-order valence-corrected chi connectivity index (χ3v) is 5.42. The molecule has 27 heavy (non-hydrogen) atoms. The van der Waals surface area contributed by atoms with Crippen LogP contribution < -0.4 is 11.2 Å². The third-order valence-electron chi connectivity index (χ3n) is 5.42. The molecule has 8 heteroatoms. The maximum atomic E-state index is 11.9. The van der Waals surface area contributed by atoms with Gasteiger partial charge in [-0.3, -0.25) is 0 Å². The van der Waals surface area contributed by atoms with Crippen molar-refractivity contribution in [3.8, 4) is 11.1 Å². The molecule has 0 saturated heterocycles. The van der Waals surface area contributed by atoms with E-state index < -0.39 is 11.2 Å². The summed E-state index contributed by atoms with van der Waals surface area (Å²) in [6.07, 6.45) is 0. The summed E-state index contributed by atoms with van der Waals surface area (Å²) in [5.41, 5.74) is 3.35. The number of aromatic nitrogens is 3. The molecular weight excluding hydrogens is 345 g/mol. The summed E-state index contributed by atoms with van der Waals surface area (Å²) < 4.78 is 17.0. The Hall–Kier alpha value is -2.32. The Morgan fingerprint density at radius 1 is 1.11 bits per heavy atom. The molecule has 1 aromatic carbocycles. The fourth-order valence-electron chi connectivity index (χ4n) is 2.90. The zero-order valence-electron chi connectivity index (χ0n) is 16.8. The van der Waals surface area contributed by atoms with Gasteiger partial charge in [-0.1, -0.05) is 11.2 Å². The zero-order valence-corrected chi connectivity index (χ0v) is 16.8. The molecule has 0 spiro atoms. The second kappa shape index (κ2) is 6.69. The second-order valence-electron chi connectivity index (χ2n) is 7.73. The molecule has 0 aliphatic heterocycles. The molecule has 3 rings (SSSR count). The number of H-pyrrole nitrogens is 2. The summed E-state index contributed by atoms with van der Waals surface area (Å²) in [6, 6.07) is 3.86. The molecule has 0 atom stereocenters. The third kappa shape index (κ3) is 3.47. The number of nitrogens with one attached hydrogen (secondary N) is 2. The first kappa shape index (κ1) is 19.4. The first-order valence-electron chi connectivity index (χ1n) is 8.81. The Morgan fingerprint density at radius 3 is 2.41 bits per heavy atom. The molecule has 0 fully saturated rings. The van der Waals surface area contributed by atoms with Crippen LogP contribution >= 0.6 is 0 Å². The predicted octanol–water partition coefficient (Wildman–Crippen LogP) is 2.59. The maximum absolute atomic E-state index is 11.9. The summed E-state index contributed by atoms with van der Waals surface area (Å²) >= 11 is 0. The quantitative estimate of drug-likeness (QED) is 0.651. The SMILES string of the molecule is COC(C)(C)C(C)(C)O[B]c1cc(-c2c(C)noc2C)cc2[nH]c(=O)[nH]c12. The van der Waals surface area contributed by atoms with Gasteiger partial charge in [0.05, 0.1) is 27.9 Å². The lowest BCUT2D eigenvalue weighted by atomic mass is 9.80. The van der Waals surface area contributed by atoms with Crippen LogP contribution in [0.4, 0.5) is 0 Å². The molecule has 0 aliphatic carbocycles. The highest BCUT2D eigenvalue weighted by Gasteiger charge is 2.38. The largest absolute Gasteiger partial charge is 0.427 e.